The van der Waals surface area contributed by atoms with Crippen LogP contribution >= 0.6 is 0 Å². The molecule has 0 aliphatic rings. The molecule has 0 aromatic heterocycles. The molecule has 0 atom stereocenters. The van der Waals surface area contributed by atoms with Crippen LogP contribution in [0.3, 0.4) is 0 Å². The van der Waals surface area contributed by atoms with Gasteiger partial charge in [-0.25, -0.2) is 5.84 Å². The Morgan fingerprint density at radius 3 is 2.56 bits per heavy atom. The van der Waals surface area contributed by atoms with Gasteiger partial charge in [-0.2, -0.15) is 0 Å². The highest BCUT2D eigenvalue weighted by Gasteiger charge is 2.02. The zero-order valence-electron chi connectivity index (χ0n) is 11.1. The van der Waals surface area contributed by atoms with E-state index in [1.807, 2.05) is 12.1 Å². The number of nitrogens with two attached hydrogens (primary N) is 1. The van der Waals surface area contributed by atoms with Crippen molar-refractivity contribution in [3.05, 3.63) is 35.4 Å². The minimum atomic E-state index is -0.278. The Balaban J connectivity index is 2.29. The highest BCUT2D eigenvalue weighted by atomic mass is 16.5. The number of benzene rings is 1. The lowest BCUT2D eigenvalue weighted by atomic mass is 10.1. The third-order valence-corrected chi connectivity index (χ3v) is 2.69. The molecule has 1 aromatic carbocycles. The van der Waals surface area contributed by atoms with Gasteiger partial charge in [-0.05, 0) is 36.5 Å². The molecule has 100 valence electrons. The molecule has 0 saturated heterocycles. The van der Waals surface area contributed by atoms with Gasteiger partial charge in [-0.1, -0.05) is 26.0 Å². The molecule has 4 heteroatoms. The van der Waals surface area contributed by atoms with Crippen molar-refractivity contribution in [1.82, 2.24) is 5.43 Å². The smallest absolute Gasteiger partial charge is 0.265 e. The van der Waals surface area contributed by atoms with E-state index in [9.17, 15) is 4.79 Å². The Morgan fingerprint density at radius 2 is 2.00 bits per heavy atom. The second-order valence-corrected chi connectivity index (χ2v) is 4.76. The molecule has 0 aliphatic carbocycles. The van der Waals surface area contributed by atoms with Crippen molar-refractivity contribution < 1.29 is 9.53 Å². The van der Waals surface area contributed by atoms with E-state index in [4.69, 9.17) is 10.6 Å². The number of hydrazine groups is 1. The number of nitrogens with one attached hydrogen (secondary N) is 1. The molecule has 0 aliphatic heterocycles. The van der Waals surface area contributed by atoms with Gasteiger partial charge in [-0.3, -0.25) is 10.2 Å². The van der Waals surface area contributed by atoms with Crippen molar-refractivity contribution in [2.75, 3.05) is 6.61 Å². The van der Waals surface area contributed by atoms with Crippen LogP contribution < -0.4 is 11.3 Å². The van der Waals surface area contributed by atoms with Crippen LogP contribution in [0.15, 0.2) is 24.3 Å². The van der Waals surface area contributed by atoms with E-state index in [0.717, 1.165) is 24.5 Å². The zero-order chi connectivity index (χ0) is 13.4. The predicted molar refractivity (Wildman–Crippen MR) is 71.8 cm³/mol. The molecule has 3 N–H and O–H groups in total. The molecule has 1 aromatic rings. The zero-order valence-corrected chi connectivity index (χ0v) is 11.1. The lowest BCUT2D eigenvalue weighted by Crippen LogP contribution is -2.29. The first-order valence-corrected chi connectivity index (χ1v) is 6.31. The van der Waals surface area contributed by atoms with E-state index in [0.29, 0.717) is 12.2 Å². The summed E-state index contributed by atoms with van der Waals surface area (Å²) in [6.07, 6.45) is 2.28. The number of carbonyl (C=O) groups is 1. The fourth-order valence-corrected chi connectivity index (χ4v) is 1.62. The summed E-state index contributed by atoms with van der Waals surface area (Å²) in [5.41, 5.74) is 3.72. The fourth-order valence-electron chi connectivity index (χ4n) is 1.62. The van der Waals surface area contributed by atoms with Gasteiger partial charge in [0, 0.05) is 12.2 Å². The first kappa shape index (κ1) is 14.7. The number of ether oxygens (including phenoxy) is 1. The molecule has 0 radical (unpaired) electrons. The molecule has 0 fully saturated rings. The summed E-state index contributed by atoms with van der Waals surface area (Å²) in [6.45, 7) is 5.79. The van der Waals surface area contributed by atoms with Crippen LogP contribution in [0.4, 0.5) is 0 Å². The lowest BCUT2D eigenvalue weighted by molar-refractivity contribution is 0.0953. The molecule has 0 spiro atoms. The number of carbonyl (C=O) groups excluding carboxylic acids is 1. The third-order valence-electron chi connectivity index (χ3n) is 2.69. The van der Waals surface area contributed by atoms with Crippen LogP contribution in [-0.2, 0) is 11.3 Å². The van der Waals surface area contributed by atoms with Gasteiger partial charge in [0.15, 0.2) is 0 Å². The number of rotatable bonds is 7. The first-order chi connectivity index (χ1) is 8.63. The normalized spacial score (nSPS) is 10.7. The average molecular weight is 250 g/mol. The van der Waals surface area contributed by atoms with Crippen LogP contribution in [0.5, 0.6) is 0 Å². The summed E-state index contributed by atoms with van der Waals surface area (Å²) in [5, 5.41) is 0. The maximum atomic E-state index is 11.2. The number of hydrogen-bond donors (Lipinski definition) is 2. The Morgan fingerprint density at radius 1 is 1.33 bits per heavy atom. The Kier molecular flexibility index (Phi) is 6.39. The molecule has 4 nitrogen and oxygen atoms in total. The molecule has 1 amide bonds. The number of amides is 1. The van der Waals surface area contributed by atoms with Gasteiger partial charge in [0.05, 0.1) is 6.61 Å². The van der Waals surface area contributed by atoms with Gasteiger partial charge in [0.1, 0.15) is 0 Å². The van der Waals surface area contributed by atoms with Gasteiger partial charge in [-0.15, -0.1) is 0 Å². The van der Waals surface area contributed by atoms with E-state index in [1.54, 1.807) is 12.1 Å². The van der Waals surface area contributed by atoms with Crippen LogP contribution in [0.25, 0.3) is 0 Å². The van der Waals surface area contributed by atoms with Crippen molar-refractivity contribution in [2.45, 2.75) is 33.3 Å². The van der Waals surface area contributed by atoms with Crippen LogP contribution in [0, 0.1) is 5.92 Å². The third kappa shape index (κ3) is 5.29. The number of hydrogen-bond acceptors (Lipinski definition) is 3. The Hall–Kier alpha value is -1.39. The molecule has 0 bridgehead atoms. The number of nitrogen functional groups attached to an aromatic ring is 1. The monoisotopic (exact) mass is 250 g/mol. The van der Waals surface area contributed by atoms with Gasteiger partial charge < -0.3 is 4.74 Å². The van der Waals surface area contributed by atoms with Crippen LogP contribution in [0.2, 0.25) is 0 Å². The molecule has 0 saturated carbocycles. The average Bonchev–Trinajstić information content (AvgIpc) is 2.38. The summed E-state index contributed by atoms with van der Waals surface area (Å²) in [6, 6.07) is 7.25. The molecular weight excluding hydrogens is 228 g/mol. The molecule has 0 heterocycles. The largest absolute Gasteiger partial charge is 0.377 e. The minimum absolute atomic E-state index is 0.278. The summed E-state index contributed by atoms with van der Waals surface area (Å²) < 4.78 is 5.57. The van der Waals surface area contributed by atoms with Crippen LogP contribution in [-0.4, -0.2) is 12.5 Å². The molecule has 0 unspecified atom stereocenters. The second kappa shape index (κ2) is 7.84. The van der Waals surface area contributed by atoms with Crippen molar-refractivity contribution in [2.24, 2.45) is 11.8 Å². The maximum absolute atomic E-state index is 11.2. The standard InChI is InChI=1S/C14H22N2O2/c1-11(2)4-3-9-18-10-12-5-7-13(8-6-12)14(17)16-15/h5-8,11H,3-4,9-10,15H2,1-2H3,(H,16,17). The Labute approximate surface area is 108 Å². The summed E-state index contributed by atoms with van der Waals surface area (Å²) in [5.74, 6) is 5.50. The second-order valence-electron chi connectivity index (χ2n) is 4.76. The van der Waals surface area contributed by atoms with Gasteiger partial charge >= 0.3 is 0 Å². The van der Waals surface area contributed by atoms with Gasteiger partial charge in [0.2, 0.25) is 0 Å². The van der Waals surface area contributed by atoms with Crippen molar-refractivity contribution in [1.29, 1.82) is 0 Å². The summed E-state index contributed by atoms with van der Waals surface area (Å²) in [7, 11) is 0. The molecule has 18 heavy (non-hydrogen) atoms. The van der Waals surface area contributed by atoms with Crippen LogP contribution in [0.1, 0.15) is 42.6 Å². The first-order valence-electron chi connectivity index (χ1n) is 6.31. The SMILES string of the molecule is CC(C)CCCOCc1ccc(C(=O)NN)cc1. The maximum Gasteiger partial charge on any atom is 0.265 e. The van der Waals surface area contributed by atoms with Crippen molar-refractivity contribution in [3.8, 4) is 0 Å². The van der Waals surface area contributed by atoms with E-state index in [-0.39, 0.29) is 5.91 Å². The highest BCUT2D eigenvalue weighted by Crippen LogP contribution is 2.07. The van der Waals surface area contributed by atoms with E-state index >= 15 is 0 Å². The lowest BCUT2D eigenvalue weighted by Gasteiger charge is -2.07. The quantitative estimate of drug-likeness (QED) is 0.337. The van der Waals surface area contributed by atoms with Gasteiger partial charge in [0.25, 0.3) is 5.91 Å². The van der Waals surface area contributed by atoms with Crippen molar-refractivity contribution >= 4 is 5.91 Å². The van der Waals surface area contributed by atoms with E-state index in [1.165, 1.54) is 6.42 Å². The summed E-state index contributed by atoms with van der Waals surface area (Å²) >= 11 is 0. The highest BCUT2D eigenvalue weighted by molar-refractivity contribution is 5.93. The Bertz CT molecular complexity index is 361. The fraction of sp³-hybridized carbons (Fsp3) is 0.500. The topological polar surface area (TPSA) is 64.3 Å². The minimum Gasteiger partial charge on any atom is -0.377 e. The summed E-state index contributed by atoms with van der Waals surface area (Å²) in [4.78, 5) is 11.2. The van der Waals surface area contributed by atoms with Crippen molar-refractivity contribution in [3.63, 3.8) is 0 Å². The predicted octanol–water partition coefficient (Wildman–Crippen LogP) is 2.24. The molecular formula is C14H22N2O2. The van der Waals surface area contributed by atoms with E-state index in [2.05, 4.69) is 19.3 Å². The molecule has 1 rings (SSSR count). The van der Waals surface area contributed by atoms with E-state index < -0.39 is 0 Å².